The summed E-state index contributed by atoms with van der Waals surface area (Å²) in [6.07, 6.45) is 3.33. The molecule has 0 aliphatic carbocycles. The fourth-order valence-corrected chi connectivity index (χ4v) is 3.31. The summed E-state index contributed by atoms with van der Waals surface area (Å²) in [5, 5.41) is 3.62. The van der Waals surface area contributed by atoms with E-state index < -0.39 is 0 Å². The van der Waals surface area contributed by atoms with Crippen molar-refractivity contribution in [1.29, 1.82) is 0 Å². The second-order valence-corrected chi connectivity index (χ2v) is 6.46. The molecule has 0 saturated carbocycles. The maximum absolute atomic E-state index is 3.62. The third kappa shape index (κ3) is 4.48. The smallest absolute Gasteiger partial charge is 0.0386 e. The van der Waals surface area contributed by atoms with Gasteiger partial charge in [-0.2, -0.15) is 11.8 Å². The molecule has 1 heterocycles. The number of nitrogens with one attached hydrogen (secondary N) is 1. The Morgan fingerprint density at radius 1 is 1.38 bits per heavy atom. The van der Waals surface area contributed by atoms with Gasteiger partial charge in [0.25, 0.3) is 0 Å². The molecule has 3 heteroatoms. The van der Waals surface area contributed by atoms with Crippen molar-refractivity contribution >= 4 is 23.1 Å². The van der Waals surface area contributed by atoms with Gasteiger partial charge < -0.3 is 5.32 Å². The average molecular weight is 257 g/mol. The lowest BCUT2D eigenvalue weighted by molar-refractivity contribution is 0.505. The zero-order chi connectivity index (χ0) is 12.0. The summed E-state index contributed by atoms with van der Waals surface area (Å²) in [5.41, 5.74) is 0. The molecule has 0 spiro atoms. The van der Waals surface area contributed by atoms with Gasteiger partial charge in [0.2, 0.25) is 0 Å². The molecule has 2 atom stereocenters. The highest BCUT2D eigenvalue weighted by molar-refractivity contribution is 7.98. The number of hydrogen-bond donors (Lipinski definition) is 1. The summed E-state index contributed by atoms with van der Waals surface area (Å²) in [4.78, 5) is 2.95. The predicted octanol–water partition coefficient (Wildman–Crippen LogP) is 3.96. The lowest BCUT2D eigenvalue weighted by Crippen LogP contribution is -2.24. The minimum absolute atomic E-state index is 0.495. The Bertz CT molecular complexity index is 296. The fourth-order valence-electron chi connectivity index (χ4n) is 1.64. The summed E-state index contributed by atoms with van der Waals surface area (Å²) in [6.45, 7) is 7.90. The SMILES string of the molecule is CCc1ccc(C(C)NCC(C)CSC)s1. The van der Waals surface area contributed by atoms with Crippen molar-refractivity contribution in [3.8, 4) is 0 Å². The van der Waals surface area contributed by atoms with Crippen LogP contribution < -0.4 is 5.32 Å². The van der Waals surface area contributed by atoms with Gasteiger partial charge in [-0.3, -0.25) is 0 Å². The zero-order valence-corrected chi connectivity index (χ0v) is 12.4. The van der Waals surface area contributed by atoms with E-state index in [1.807, 2.05) is 23.1 Å². The first kappa shape index (κ1) is 14.1. The predicted molar refractivity (Wildman–Crippen MR) is 77.7 cm³/mol. The van der Waals surface area contributed by atoms with Crippen LogP contribution in [-0.4, -0.2) is 18.6 Å². The highest BCUT2D eigenvalue weighted by Gasteiger charge is 2.09. The molecule has 92 valence electrons. The lowest BCUT2D eigenvalue weighted by atomic mass is 10.2. The van der Waals surface area contributed by atoms with Crippen LogP contribution in [0.2, 0.25) is 0 Å². The molecule has 0 fully saturated rings. The first-order chi connectivity index (χ1) is 7.67. The van der Waals surface area contributed by atoms with E-state index in [2.05, 4.69) is 44.5 Å². The molecule has 0 aromatic carbocycles. The van der Waals surface area contributed by atoms with Crippen LogP contribution in [0.4, 0.5) is 0 Å². The van der Waals surface area contributed by atoms with Crippen LogP contribution in [0.5, 0.6) is 0 Å². The van der Waals surface area contributed by atoms with Crippen molar-refractivity contribution in [2.45, 2.75) is 33.2 Å². The number of aryl methyl sites for hydroxylation is 1. The monoisotopic (exact) mass is 257 g/mol. The Balaban J connectivity index is 2.37. The van der Waals surface area contributed by atoms with Crippen LogP contribution in [-0.2, 0) is 6.42 Å². The highest BCUT2D eigenvalue weighted by Crippen LogP contribution is 2.23. The first-order valence-corrected chi connectivity index (χ1v) is 8.19. The zero-order valence-electron chi connectivity index (χ0n) is 10.7. The van der Waals surface area contributed by atoms with Crippen LogP contribution in [0.1, 0.15) is 36.6 Å². The van der Waals surface area contributed by atoms with E-state index in [0.717, 1.165) is 18.9 Å². The van der Waals surface area contributed by atoms with Crippen molar-refractivity contribution < 1.29 is 0 Å². The number of rotatable bonds is 7. The van der Waals surface area contributed by atoms with Gasteiger partial charge in [0.1, 0.15) is 0 Å². The Morgan fingerprint density at radius 2 is 2.12 bits per heavy atom. The van der Waals surface area contributed by atoms with Gasteiger partial charge in [-0.1, -0.05) is 13.8 Å². The van der Waals surface area contributed by atoms with Gasteiger partial charge in [0.05, 0.1) is 0 Å². The molecule has 1 nitrogen and oxygen atoms in total. The summed E-state index contributed by atoms with van der Waals surface area (Å²) < 4.78 is 0. The van der Waals surface area contributed by atoms with Gasteiger partial charge >= 0.3 is 0 Å². The van der Waals surface area contributed by atoms with Gasteiger partial charge in [0.15, 0.2) is 0 Å². The average Bonchev–Trinajstić information content (AvgIpc) is 2.75. The molecule has 1 aromatic rings. The van der Waals surface area contributed by atoms with E-state index in [-0.39, 0.29) is 0 Å². The van der Waals surface area contributed by atoms with Crippen molar-refractivity contribution in [3.63, 3.8) is 0 Å². The maximum atomic E-state index is 3.62. The van der Waals surface area contributed by atoms with Crippen LogP contribution in [0.25, 0.3) is 0 Å². The molecule has 0 saturated heterocycles. The summed E-state index contributed by atoms with van der Waals surface area (Å²) in [7, 11) is 0. The molecule has 0 bridgehead atoms. The third-order valence-electron chi connectivity index (χ3n) is 2.68. The van der Waals surface area contributed by atoms with Crippen LogP contribution >= 0.6 is 23.1 Å². The van der Waals surface area contributed by atoms with E-state index in [4.69, 9.17) is 0 Å². The van der Waals surface area contributed by atoms with Crippen LogP contribution in [0, 0.1) is 5.92 Å². The van der Waals surface area contributed by atoms with Crippen molar-refractivity contribution in [3.05, 3.63) is 21.9 Å². The summed E-state index contributed by atoms with van der Waals surface area (Å²) in [6, 6.07) is 5.01. The van der Waals surface area contributed by atoms with E-state index in [1.165, 1.54) is 15.5 Å². The molecule has 0 radical (unpaired) electrons. The lowest BCUT2D eigenvalue weighted by Gasteiger charge is -2.16. The van der Waals surface area contributed by atoms with Gasteiger partial charge in [-0.25, -0.2) is 0 Å². The van der Waals surface area contributed by atoms with Gasteiger partial charge in [-0.05, 0) is 49.9 Å². The van der Waals surface area contributed by atoms with Crippen molar-refractivity contribution in [1.82, 2.24) is 5.32 Å². The number of thioether (sulfide) groups is 1. The van der Waals surface area contributed by atoms with Crippen LogP contribution in [0.3, 0.4) is 0 Å². The molecule has 1 aromatic heterocycles. The number of hydrogen-bond acceptors (Lipinski definition) is 3. The Morgan fingerprint density at radius 3 is 2.69 bits per heavy atom. The molecule has 1 N–H and O–H groups in total. The third-order valence-corrected chi connectivity index (χ3v) is 5.00. The molecule has 0 aliphatic heterocycles. The molecule has 0 aliphatic rings. The quantitative estimate of drug-likeness (QED) is 0.793. The first-order valence-electron chi connectivity index (χ1n) is 5.98. The minimum atomic E-state index is 0.495. The van der Waals surface area contributed by atoms with E-state index in [9.17, 15) is 0 Å². The maximum Gasteiger partial charge on any atom is 0.0386 e. The molecular weight excluding hydrogens is 234 g/mol. The van der Waals surface area contributed by atoms with E-state index in [1.54, 1.807) is 0 Å². The molecule has 1 rings (SSSR count). The second kappa shape index (κ2) is 7.36. The Labute approximate surface area is 108 Å². The largest absolute Gasteiger partial charge is 0.309 e. The standard InChI is InChI=1S/C13H23NS2/c1-5-12-6-7-13(16-12)11(3)14-8-10(2)9-15-4/h6-7,10-11,14H,5,8-9H2,1-4H3. The Kier molecular flexibility index (Phi) is 6.47. The molecule has 2 unspecified atom stereocenters. The number of thiophene rings is 1. The molecule has 16 heavy (non-hydrogen) atoms. The van der Waals surface area contributed by atoms with Crippen LogP contribution in [0.15, 0.2) is 12.1 Å². The Hall–Kier alpha value is 0.01000. The second-order valence-electron chi connectivity index (χ2n) is 4.35. The summed E-state index contributed by atoms with van der Waals surface area (Å²) >= 11 is 3.87. The minimum Gasteiger partial charge on any atom is -0.309 e. The highest BCUT2D eigenvalue weighted by atomic mass is 32.2. The normalized spacial score (nSPS) is 15.0. The molecule has 0 amide bonds. The fraction of sp³-hybridized carbons (Fsp3) is 0.692. The summed E-state index contributed by atoms with van der Waals surface area (Å²) in [5.74, 6) is 1.99. The van der Waals surface area contributed by atoms with Gasteiger partial charge in [0, 0.05) is 15.8 Å². The van der Waals surface area contributed by atoms with Crippen molar-refractivity contribution in [2.24, 2.45) is 5.92 Å². The van der Waals surface area contributed by atoms with E-state index >= 15 is 0 Å². The molecular formula is C13H23NS2. The topological polar surface area (TPSA) is 12.0 Å². The van der Waals surface area contributed by atoms with Crippen molar-refractivity contribution in [2.75, 3.05) is 18.6 Å². The van der Waals surface area contributed by atoms with E-state index in [0.29, 0.717) is 6.04 Å². The van der Waals surface area contributed by atoms with Gasteiger partial charge in [-0.15, -0.1) is 11.3 Å².